The zero-order chi connectivity index (χ0) is 34.4. The van der Waals surface area contributed by atoms with Crippen molar-refractivity contribution in [3.63, 3.8) is 0 Å². The molecular formula is C44H62O4. The number of phenols is 1. The molecule has 3 aromatic carbocycles. The molecule has 2 aliphatic rings. The maximum absolute atomic E-state index is 11.6. The molecule has 4 nitrogen and oxygen atoms in total. The van der Waals surface area contributed by atoms with Crippen LogP contribution in [-0.2, 0) is 18.4 Å². The molecule has 0 bridgehead atoms. The molecule has 0 radical (unpaired) electrons. The van der Waals surface area contributed by atoms with Gasteiger partial charge in [0.05, 0.1) is 5.56 Å². The summed E-state index contributed by atoms with van der Waals surface area (Å²) in [6.45, 7) is 18.8. The highest BCUT2D eigenvalue weighted by molar-refractivity contribution is 5.82. The average molecular weight is 655 g/mol. The van der Waals surface area contributed by atoms with Crippen molar-refractivity contribution in [1.82, 2.24) is 0 Å². The van der Waals surface area contributed by atoms with Crippen molar-refractivity contribution in [2.75, 3.05) is 13.2 Å². The van der Waals surface area contributed by atoms with Gasteiger partial charge in [-0.05, 0) is 124 Å². The predicted molar refractivity (Wildman–Crippen MR) is 200 cm³/mol. The maximum Gasteiger partial charge on any atom is 0.132 e. The number of unbranched alkanes of at least 4 members (excludes halogenated alkanes) is 4. The Morgan fingerprint density at radius 2 is 1.50 bits per heavy atom. The number of hydrogen-bond acceptors (Lipinski definition) is 4. The normalized spacial score (nSPS) is 19.8. The zero-order valence-electron chi connectivity index (χ0n) is 31.2. The first-order valence-corrected chi connectivity index (χ1v) is 19.1. The molecule has 1 N–H and O–H groups in total. The second-order valence-electron chi connectivity index (χ2n) is 15.7. The molecule has 0 saturated heterocycles. The minimum Gasteiger partial charge on any atom is -0.508 e. The Kier molecular flexibility index (Phi) is 12.1. The summed E-state index contributed by atoms with van der Waals surface area (Å²) in [6, 6.07) is 15.3. The summed E-state index contributed by atoms with van der Waals surface area (Å²) in [5.74, 6) is 5.04. The number of hydrogen-bond donors (Lipinski definition) is 1. The molecule has 4 heteroatoms. The summed E-state index contributed by atoms with van der Waals surface area (Å²) in [7, 11) is 0. The van der Waals surface area contributed by atoms with Gasteiger partial charge in [-0.2, -0.15) is 0 Å². The van der Waals surface area contributed by atoms with Gasteiger partial charge in [-0.1, -0.05) is 90.5 Å². The molecule has 0 unspecified atom stereocenters. The molecule has 1 aliphatic heterocycles. The third kappa shape index (κ3) is 8.35. The Bertz CT molecular complexity index is 1520. The third-order valence-electron chi connectivity index (χ3n) is 10.9. The van der Waals surface area contributed by atoms with Crippen LogP contribution in [0.5, 0.6) is 23.0 Å². The number of benzene rings is 3. The minimum absolute atomic E-state index is 0.293. The average Bonchev–Trinajstić information content (AvgIpc) is 3.02. The van der Waals surface area contributed by atoms with E-state index in [-0.39, 0.29) is 0 Å². The fraction of sp³-hybridized carbons (Fsp3) is 0.591. The summed E-state index contributed by atoms with van der Waals surface area (Å²) in [5.41, 5.74) is 7.63. The number of aromatic hydroxyl groups is 1. The van der Waals surface area contributed by atoms with E-state index >= 15 is 0 Å². The number of fused-ring (bicyclic) bond motifs is 3. The van der Waals surface area contributed by atoms with Gasteiger partial charge in [0.2, 0.25) is 0 Å². The fourth-order valence-electron chi connectivity index (χ4n) is 8.27. The van der Waals surface area contributed by atoms with Gasteiger partial charge in [0.25, 0.3) is 0 Å². The van der Waals surface area contributed by atoms with E-state index in [0.29, 0.717) is 42.6 Å². The van der Waals surface area contributed by atoms with E-state index in [4.69, 9.17) is 14.2 Å². The Morgan fingerprint density at radius 3 is 2.17 bits per heavy atom. The van der Waals surface area contributed by atoms with Crippen molar-refractivity contribution in [2.45, 2.75) is 138 Å². The lowest BCUT2D eigenvalue weighted by molar-refractivity contribution is 0.105. The lowest BCUT2D eigenvalue weighted by Crippen LogP contribution is -2.29. The van der Waals surface area contributed by atoms with Crippen LogP contribution in [0.1, 0.15) is 140 Å². The molecular weight excluding hydrogens is 592 g/mol. The number of aryl methyl sites for hydroxylation is 3. The van der Waals surface area contributed by atoms with E-state index in [0.717, 1.165) is 66.0 Å². The van der Waals surface area contributed by atoms with Crippen molar-refractivity contribution in [2.24, 2.45) is 17.8 Å². The van der Waals surface area contributed by atoms with Crippen LogP contribution in [0.25, 0.3) is 11.1 Å². The number of ether oxygens (including phenoxy) is 3. The van der Waals surface area contributed by atoms with Gasteiger partial charge < -0.3 is 19.3 Å². The summed E-state index contributed by atoms with van der Waals surface area (Å²) < 4.78 is 20.0. The molecule has 1 fully saturated rings. The quantitative estimate of drug-likeness (QED) is 0.166. The molecule has 5 rings (SSSR count). The third-order valence-corrected chi connectivity index (χ3v) is 10.9. The smallest absolute Gasteiger partial charge is 0.132 e. The van der Waals surface area contributed by atoms with Crippen molar-refractivity contribution >= 4 is 0 Å². The van der Waals surface area contributed by atoms with E-state index in [1.807, 2.05) is 6.07 Å². The first-order chi connectivity index (χ1) is 23.0. The number of phenolic OH excluding ortho intramolecular Hbond substituents is 1. The SMILES string of the molecule is CCCCCc1cc(OCCOc2cc(CCCCC)cc(O)c2[C@@H]2C[C@H](C)CC[C@H]2C(C)C)c2c(c1)OC(C)(C)c1ccc(C)cc1-2. The van der Waals surface area contributed by atoms with Crippen molar-refractivity contribution in [3.05, 3.63) is 70.3 Å². The van der Waals surface area contributed by atoms with Gasteiger partial charge in [-0.25, -0.2) is 0 Å². The standard InChI is InChI=1S/C44H62O4/c1-9-11-13-15-32-25-38(45)42(35-23-30(5)17-19-34(35)29(3)4)39(26-32)46-21-22-47-40-27-33(16-14-12-10-2)28-41-43(40)36-24-31(6)18-20-37(36)44(7,8)48-41/h18,20,24-30,34-35,45H,9-17,19,21-23H2,1-8H3/t30-,34+,35-/m1/s1. The fourth-order valence-corrected chi connectivity index (χ4v) is 8.27. The largest absolute Gasteiger partial charge is 0.508 e. The van der Waals surface area contributed by atoms with Gasteiger partial charge in [-0.3, -0.25) is 0 Å². The minimum atomic E-state index is -0.427. The lowest BCUT2D eigenvalue weighted by Gasteiger charge is -2.38. The highest BCUT2D eigenvalue weighted by Gasteiger charge is 2.36. The lowest BCUT2D eigenvalue weighted by atomic mass is 9.67. The Hall–Kier alpha value is -3.14. The predicted octanol–water partition coefficient (Wildman–Crippen LogP) is 12.1. The second-order valence-corrected chi connectivity index (χ2v) is 15.7. The first-order valence-electron chi connectivity index (χ1n) is 19.1. The summed E-state index contributed by atoms with van der Waals surface area (Å²) in [4.78, 5) is 0. The van der Waals surface area contributed by atoms with Gasteiger partial charge >= 0.3 is 0 Å². The summed E-state index contributed by atoms with van der Waals surface area (Å²) in [5, 5.41) is 11.6. The van der Waals surface area contributed by atoms with Crippen LogP contribution in [0, 0.1) is 24.7 Å². The maximum atomic E-state index is 11.6. The molecule has 1 heterocycles. The zero-order valence-corrected chi connectivity index (χ0v) is 31.2. The van der Waals surface area contributed by atoms with Crippen LogP contribution in [0.3, 0.4) is 0 Å². The van der Waals surface area contributed by atoms with E-state index in [1.165, 1.54) is 60.8 Å². The molecule has 0 aromatic heterocycles. The van der Waals surface area contributed by atoms with Crippen molar-refractivity contribution < 1.29 is 19.3 Å². The van der Waals surface area contributed by atoms with Crippen LogP contribution in [-0.4, -0.2) is 18.3 Å². The van der Waals surface area contributed by atoms with Gasteiger partial charge in [0.1, 0.15) is 41.8 Å². The molecule has 0 amide bonds. The van der Waals surface area contributed by atoms with Crippen LogP contribution >= 0.6 is 0 Å². The van der Waals surface area contributed by atoms with Gasteiger partial charge in [0.15, 0.2) is 0 Å². The first kappa shape index (κ1) is 36.1. The van der Waals surface area contributed by atoms with E-state index in [1.54, 1.807) is 0 Å². The Labute approximate surface area is 291 Å². The molecule has 262 valence electrons. The number of rotatable bonds is 15. The van der Waals surface area contributed by atoms with Crippen LogP contribution in [0.2, 0.25) is 0 Å². The highest BCUT2D eigenvalue weighted by atomic mass is 16.5. The van der Waals surface area contributed by atoms with E-state index in [9.17, 15) is 5.11 Å². The topological polar surface area (TPSA) is 47.9 Å². The van der Waals surface area contributed by atoms with E-state index < -0.39 is 5.60 Å². The van der Waals surface area contributed by atoms with Gasteiger partial charge in [-0.15, -0.1) is 0 Å². The molecule has 3 atom stereocenters. The van der Waals surface area contributed by atoms with Crippen LogP contribution < -0.4 is 14.2 Å². The van der Waals surface area contributed by atoms with Crippen LogP contribution in [0.4, 0.5) is 0 Å². The van der Waals surface area contributed by atoms with Crippen LogP contribution in [0.15, 0.2) is 42.5 Å². The summed E-state index contributed by atoms with van der Waals surface area (Å²) in [6.07, 6.45) is 12.5. The molecule has 48 heavy (non-hydrogen) atoms. The highest BCUT2D eigenvalue weighted by Crippen LogP contribution is 2.51. The Balaban J connectivity index is 1.43. The molecule has 1 aliphatic carbocycles. The van der Waals surface area contributed by atoms with Crippen molar-refractivity contribution in [1.29, 1.82) is 0 Å². The monoisotopic (exact) mass is 654 g/mol. The molecule has 3 aromatic rings. The molecule has 1 saturated carbocycles. The second kappa shape index (κ2) is 16.0. The Morgan fingerprint density at radius 1 is 0.854 bits per heavy atom. The van der Waals surface area contributed by atoms with E-state index in [2.05, 4.69) is 91.8 Å². The summed E-state index contributed by atoms with van der Waals surface area (Å²) >= 11 is 0. The molecule has 0 spiro atoms. The van der Waals surface area contributed by atoms with Gasteiger partial charge in [0, 0.05) is 11.1 Å². The van der Waals surface area contributed by atoms with Crippen molar-refractivity contribution in [3.8, 4) is 34.1 Å².